The number of rotatable bonds is 7. The first-order valence-corrected chi connectivity index (χ1v) is 12.4. The highest BCUT2D eigenvalue weighted by Crippen LogP contribution is 2.44. The molecule has 6 nitrogen and oxygen atoms in total. The molecule has 0 unspecified atom stereocenters. The number of hydrogen-bond acceptors (Lipinski definition) is 7. The van der Waals surface area contributed by atoms with Crippen LogP contribution in [0.3, 0.4) is 0 Å². The Morgan fingerprint density at radius 3 is 2.33 bits per heavy atom. The number of methoxy groups -OCH3 is 1. The number of ketones is 1. The number of benzene rings is 3. The minimum absolute atomic E-state index is 0.0760. The van der Waals surface area contributed by atoms with E-state index in [2.05, 4.69) is 5.32 Å². The van der Waals surface area contributed by atoms with Gasteiger partial charge in [0.05, 0.1) is 17.7 Å². The molecule has 0 atom stereocenters. The average molecular weight is 499 g/mol. The van der Waals surface area contributed by atoms with Crippen LogP contribution in [0.25, 0.3) is 0 Å². The van der Waals surface area contributed by atoms with E-state index in [0.29, 0.717) is 22.0 Å². The lowest BCUT2D eigenvalue weighted by molar-refractivity contribution is 0.104. The van der Waals surface area contributed by atoms with Gasteiger partial charge in [0, 0.05) is 16.3 Å². The van der Waals surface area contributed by atoms with Crippen molar-refractivity contribution >= 4 is 54.9 Å². The first kappa shape index (κ1) is 22.8. The number of nitrogens with two attached hydrogens (primary N) is 1. The molecule has 4 aromatic rings. The predicted octanol–water partition coefficient (Wildman–Crippen LogP) is 5.80. The number of hydrogen-bond donors (Lipinski definition) is 2. The van der Waals surface area contributed by atoms with Gasteiger partial charge < -0.3 is 15.8 Å². The van der Waals surface area contributed by atoms with Crippen LogP contribution >= 0.6 is 22.9 Å². The third-order valence-corrected chi connectivity index (χ3v) is 8.20. The van der Waals surface area contributed by atoms with E-state index in [-0.39, 0.29) is 31.1 Å². The van der Waals surface area contributed by atoms with Crippen LogP contribution in [0.1, 0.15) is 15.2 Å². The molecule has 0 saturated heterocycles. The molecule has 4 rings (SSSR count). The largest absolute Gasteiger partial charge is 0.497 e. The van der Waals surface area contributed by atoms with Crippen molar-refractivity contribution in [2.24, 2.45) is 0 Å². The molecule has 0 amide bonds. The van der Waals surface area contributed by atoms with Crippen LogP contribution in [-0.4, -0.2) is 21.3 Å². The summed E-state index contributed by atoms with van der Waals surface area (Å²) < 4.78 is 32.2. The lowest BCUT2D eigenvalue weighted by Gasteiger charge is -2.10. The van der Waals surface area contributed by atoms with Crippen molar-refractivity contribution in [3.63, 3.8) is 0 Å². The molecule has 9 heteroatoms. The lowest BCUT2D eigenvalue weighted by Crippen LogP contribution is -2.08. The molecular formula is C24H19ClN2O4S2. The second-order valence-corrected chi connectivity index (χ2v) is 10.4. The molecule has 0 spiro atoms. The summed E-state index contributed by atoms with van der Waals surface area (Å²) in [6.45, 7) is 0. The maximum atomic E-state index is 13.5. The molecule has 168 valence electrons. The summed E-state index contributed by atoms with van der Waals surface area (Å²) in [4.78, 5) is 13.3. The summed E-state index contributed by atoms with van der Waals surface area (Å²) in [7, 11) is -2.49. The minimum atomic E-state index is -4.02. The van der Waals surface area contributed by atoms with Crippen LogP contribution in [0.4, 0.5) is 16.4 Å². The van der Waals surface area contributed by atoms with E-state index in [1.165, 1.54) is 19.2 Å². The van der Waals surface area contributed by atoms with Gasteiger partial charge in [0.15, 0.2) is 0 Å². The van der Waals surface area contributed by atoms with Crippen LogP contribution in [0, 0.1) is 0 Å². The topological polar surface area (TPSA) is 98.5 Å². The van der Waals surface area contributed by atoms with Crippen molar-refractivity contribution in [3.05, 3.63) is 94.3 Å². The third kappa shape index (κ3) is 4.59. The fraction of sp³-hybridized carbons (Fsp3) is 0.0417. The number of nitrogen functional groups attached to an aromatic ring is 1. The Kier molecular flexibility index (Phi) is 6.42. The molecule has 3 aromatic carbocycles. The molecule has 0 bridgehead atoms. The Balaban J connectivity index is 1.86. The van der Waals surface area contributed by atoms with Crippen LogP contribution < -0.4 is 15.8 Å². The summed E-state index contributed by atoms with van der Waals surface area (Å²) in [6.07, 6.45) is 0. The van der Waals surface area contributed by atoms with Crippen molar-refractivity contribution in [2.45, 2.75) is 9.79 Å². The van der Waals surface area contributed by atoms with Gasteiger partial charge in [-0.3, -0.25) is 4.79 Å². The summed E-state index contributed by atoms with van der Waals surface area (Å²) in [5.74, 6) is 0.213. The minimum Gasteiger partial charge on any atom is -0.497 e. The van der Waals surface area contributed by atoms with Gasteiger partial charge in [0.1, 0.15) is 20.5 Å². The number of carbonyl (C=O) groups is 1. The number of ether oxygens (including phenoxy) is 1. The Morgan fingerprint density at radius 1 is 1.00 bits per heavy atom. The number of halogens is 1. The second kappa shape index (κ2) is 9.27. The number of nitrogens with one attached hydrogen (secondary N) is 1. The molecule has 33 heavy (non-hydrogen) atoms. The average Bonchev–Trinajstić information content (AvgIpc) is 3.15. The van der Waals surface area contributed by atoms with Gasteiger partial charge in [-0.15, -0.1) is 11.3 Å². The summed E-state index contributed by atoms with van der Waals surface area (Å²) >= 11 is 7.07. The smallest absolute Gasteiger partial charge is 0.211 e. The van der Waals surface area contributed by atoms with Crippen molar-refractivity contribution in [3.8, 4) is 5.75 Å². The van der Waals surface area contributed by atoms with Gasteiger partial charge in [0.25, 0.3) is 0 Å². The summed E-state index contributed by atoms with van der Waals surface area (Å²) in [5, 5.41) is 3.79. The summed E-state index contributed by atoms with van der Waals surface area (Å²) in [6, 6.07) is 21.3. The van der Waals surface area contributed by atoms with E-state index < -0.39 is 9.84 Å². The molecule has 0 aliphatic carbocycles. The molecule has 0 radical (unpaired) electrons. The van der Waals surface area contributed by atoms with Crippen molar-refractivity contribution in [2.75, 3.05) is 18.2 Å². The quantitative estimate of drug-likeness (QED) is 0.312. The van der Waals surface area contributed by atoms with Crippen LogP contribution in [0.5, 0.6) is 5.75 Å². The molecule has 0 aliphatic heterocycles. The predicted molar refractivity (Wildman–Crippen MR) is 132 cm³/mol. The molecular weight excluding hydrogens is 480 g/mol. The normalized spacial score (nSPS) is 11.2. The molecule has 3 N–H and O–H groups in total. The molecule has 0 saturated carbocycles. The van der Waals surface area contributed by atoms with E-state index in [1.807, 2.05) is 0 Å². The highest BCUT2D eigenvalue weighted by molar-refractivity contribution is 7.92. The van der Waals surface area contributed by atoms with Gasteiger partial charge in [-0.1, -0.05) is 35.9 Å². The Labute approximate surface area is 200 Å². The van der Waals surface area contributed by atoms with Crippen LogP contribution in [0.2, 0.25) is 5.02 Å². The standard InChI is InChI=1S/C24H19ClN2O4S2/c1-31-18-12-10-15(11-13-18)21(28)22-20(26)23(33(29,30)19-8-3-2-4-9-19)24(32-22)27-17-7-5-6-16(25)14-17/h2-14,27H,26H2,1H3. The lowest BCUT2D eigenvalue weighted by atomic mass is 10.1. The number of sulfone groups is 1. The van der Waals surface area contributed by atoms with E-state index in [0.717, 1.165) is 11.3 Å². The van der Waals surface area contributed by atoms with Gasteiger partial charge in [-0.05, 0) is 54.6 Å². The molecule has 0 aliphatic rings. The van der Waals surface area contributed by atoms with Crippen molar-refractivity contribution in [1.29, 1.82) is 0 Å². The van der Waals surface area contributed by atoms with Gasteiger partial charge in [-0.2, -0.15) is 0 Å². The Hall–Kier alpha value is -3.33. The zero-order valence-electron chi connectivity index (χ0n) is 17.4. The zero-order valence-corrected chi connectivity index (χ0v) is 19.8. The molecule has 1 heterocycles. The Bertz CT molecular complexity index is 1420. The van der Waals surface area contributed by atoms with Crippen molar-refractivity contribution in [1.82, 2.24) is 0 Å². The van der Waals surface area contributed by atoms with E-state index in [1.54, 1.807) is 66.7 Å². The molecule has 0 fully saturated rings. The van der Waals surface area contributed by atoms with Gasteiger partial charge in [0.2, 0.25) is 15.6 Å². The maximum absolute atomic E-state index is 13.5. The number of anilines is 3. The highest BCUT2D eigenvalue weighted by atomic mass is 35.5. The fourth-order valence-corrected chi connectivity index (χ4v) is 6.38. The van der Waals surface area contributed by atoms with Gasteiger partial charge in [-0.25, -0.2) is 8.42 Å². The zero-order chi connectivity index (χ0) is 23.6. The second-order valence-electron chi connectivity index (χ2n) is 7.01. The maximum Gasteiger partial charge on any atom is 0.211 e. The number of thiophene rings is 1. The molecule has 1 aromatic heterocycles. The van der Waals surface area contributed by atoms with Gasteiger partial charge >= 0.3 is 0 Å². The first-order valence-electron chi connectivity index (χ1n) is 9.75. The monoisotopic (exact) mass is 498 g/mol. The van der Waals surface area contributed by atoms with E-state index in [9.17, 15) is 13.2 Å². The Morgan fingerprint density at radius 2 is 1.70 bits per heavy atom. The summed E-state index contributed by atoms with van der Waals surface area (Å²) in [5.41, 5.74) is 7.15. The highest BCUT2D eigenvalue weighted by Gasteiger charge is 2.31. The number of carbonyl (C=O) groups excluding carboxylic acids is 1. The van der Waals surface area contributed by atoms with Crippen LogP contribution in [-0.2, 0) is 9.84 Å². The van der Waals surface area contributed by atoms with Crippen molar-refractivity contribution < 1.29 is 17.9 Å². The SMILES string of the molecule is COc1ccc(C(=O)c2sc(Nc3cccc(Cl)c3)c(S(=O)(=O)c3ccccc3)c2N)cc1. The fourth-order valence-electron chi connectivity index (χ4n) is 3.23. The van der Waals surface area contributed by atoms with E-state index in [4.69, 9.17) is 22.1 Å². The first-order chi connectivity index (χ1) is 15.8. The third-order valence-electron chi connectivity index (χ3n) is 4.86. The van der Waals surface area contributed by atoms with E-state index >= 15 is 0 Å². The van der Waals surface area contributed by atoms with Crippen LogP contribution in [0.15, 0.2) is 88.7 Å².